The highest BCUT2D eigenvalue weighted by Gasteiger charge is 2.41. The maximum atomic E-state index is 13.8. The Hall–Kier alpha value is -7.56. The molecule has 2 saturated heterocycles. The molecule has 4 aromatic carbocycles. The molecule has 0 aliphatic carbocycles. The molecule has 2 aliphatic heterocycles. The van der Waals surface area contributed by atoms with Gasteiger partial charge in [0.2, 0.25) is 0 Å². The van der Waals surface area contributed by atoms with E-state index in [9.17, 15) is 9.59 Å². The van der Waals surface area contributed by atoms with Crippen molar-refractivity contribution in [2.75, 3.05) is 26.2 Å². The highest BCUT2D eigenvalue weighted by atomic mass is 16.5. The molecule has 2 atom stereocenters. The molecule has 16 nitrogen and oxygen atoms in total. The number of imidazole rings is 2. The van der Waals surface area contributed by atoms with Gasteiger partial charge in [0.25, 0.3) is 0 Å². The lowest BCUT2D eigenvalue weighted by atomic mass is 9.72. The number of esters is 2. The molecule has 0 spiro atoms. The van der Waals surface area contributed by atoms with Crippen LogP contribution in [0.3, 0.4) is 0 Å². The van der Waals surface area contributed by atoms with Crippen molar-refractivity contribution in [3.05, 3.63) is 202 Å². The molecule has 492 valence electrons. The van der Waals surface area contributed by atoms with E-state index in [0.717, 1.165) is 161 Å². The van der Waals surface area contributed by atoms with E-state index < -0.39 is 10.8 Å². The van der Waals surface area contributed by atoms with Crippen molar-refractivity contribution in [3.63, 3.8) is 0 Å². The van der Waals surface area contributed by atoms with Gasteiger partial charge in [-0.1, -0.05) is 148 Å². The molecule has 10 rings (SSSR count). The third-order valence-corrected chi connectivity index (χ3v) is 19.8. The summed E-state index contributed by atoms with van der Waals surface area (Å²) < 4.78 is 20.3. The van der Waals surface area contributed by atoms with Crippen molar-refractivity contribution in [1.82, 2.24) is 58.9 Å². The third kappa shape index (κ3) is 18.8. The van der Waals surface area contributed by atoms with Crippen LogP contribution in [-0.2, 0) is 84.4 Å². The van der Waals surface area contributed by atoms with Crippen LogP contribution in [0.4, 0.5) is 0 Å². The quantitative estimate of drug-likeness (QED) is 0.0393. The van der Waals surface area contributed by atoms with Gasteiger partial charge < -0.3 is 18.6 Å². The molecular weight excluding hydrogens is 1140 g/mol. The van der Waals surface area contributed by atoms with Gasteiger partial charge in [-0.15, -0.1) is 10.2 Å². The predicted molar refractivity (Wildman–Crippen MR) is 364 cm³/mol. The topological polar surface area (TPSA) is 156 Å². The molecule has 6 heterocycles. The summed E-state index contributed by atoms with van der Waals surface area (Å²) in [5.74, 6) is 3.40. The highest BCUT2D eigenvalue weighted by molar-refractivity contribution is 5.78. The van der Waals surface area contributed by atoms with Gasteiger partial charge in [0.15, 0.2) is 0 Å². The number of carbonyl (C=O) groups excluding carboxylic acids is 2. The molecule has 2 aliphatic rings. The van der Waals surface area contributed by atoms with Gasteiger partial charge in [0, 0.05) is 63.4 Å². The van der Waals surface area contributed by atoms with E-state index in [0.29, 0.717) is 0 Å². The Morgan fingerprint density at radius 2 is 0.924 bits per heavy atom. The molecule has 8 aromatic rings. The second-order valence-electron chi connectivity index (χ2n) is 27.3. The summed E-state index contributed by atoms with van der Waals surface area (Å²) >= 11 is 0. The fourth-order valence-electron chi connectivity index (χ4n) is 13.5. The fourth-order valence-corrected chi connectivity index (χ4v) is 13.5. The second-order valence-corrected chi connectivity index (χ2v) is 27.3. The number of carbonyl (C=O) groups is 2. The number of nitrogens with zero attached hydrogens (tertiary/aromatic N) is 12. The smallest absolute Gasteiger partial charge is 0.312 e. The predicted octanol–water partition coefficient (Wildman–Crippen LogP) is 14.7. The minimum atomic E-state index is -0.758. The maximum absolute atomic E-state index is 13.8. The van der Waals surface area contributed by atoms with Gasteiger partial charge in [-0.2, -0.15) is 0 Å². The number of hydrogen-bond acceptors (Lipinski definition) is 12. The van der Waals surface area contributed by atoms with Crippen LogP contribution < -0.4 is 0 Å². The summed E-state index contributed by atoms with van der Waals surface area (Å²) in [6.45, 7) is 31.4. The Morgan fingerprint density at radius 1 is 0.533 bits per heavy atom. The summed E-state index contributed by atoms with van der Waals surface area (Å²) in [5, 5.41) is 17.5. The van der Waals surface area contributed by atoms with E-state index in [1.807, 2.05) is 123 Å². The third-order valence-electron chi connectivity index (χ3n) is 19.8. The summed E-state index contributed by atoms with van der Waals surface area (Å²) in [4.78, 5) is 42.1. The van der Waals surface area contributed by atoms with Gasteiger partial charge in [0.1, 0.15) is 24.9 Å². The normalized spacial score (nSPS) is 15.2. The molecule has 0 radical (unpaired) electrons. The van der Waals surface area contributed by atoms with Crippen LogP contribution in [0.15, 0.2) is 134 Å². The maximum Gasteiger partial charge on any atom is 0.312 e. The number of hydrogen-bond donors (Lipinski definition) is 0. The molecule has 92 heavy (non-hydrogen) atoms. The van der Waals surface area contributed by atoms with Gasteiger partial charge in [0.05, 0.1) is 35.3 Å². The Labute approximate surface area is 548 Å². The van der Waals surface area contributed by atoms with Crippen molar-refractivity contribution in [2.24, 2.45) is 22.7 Å². The van der Waals surface area contributed by atoms with Gasteiger partial charge >= 0.3 is 11.9 Å². The Morgan fingerprint density at radius 3 is 1.29 bits per heavy atom. The highest BCUT2D eigenvalue weighted by Crippen LogP contribution is 2.43. The molecule has 4 aromatic heterocycles. The zero-order chi connectivity index (χ0) is 65.0. The largest absolute Gasteiger partial charge is 0.460 e. The van der Waals surface area contributed by atoms with Crippen LogP contribution in [-0.4, -0.2) is 97.0 Å². The first kappa shape index (κ1) is 68.8. The molecule has 0 amide bonds. The van der Waals surface area contributed by atoms with Crippen molar-refractivity contribution < 1.29 is 19.1 Å². The molecular formula is C76H104N12O4. The molecule has 2 fully saturated rings. The van der Waals surface area contributed by atoms with Crippen LogP contribution in [0, 0.1) is 36.5 Å². The van der Waals surface area contributed by atoms with Crippen LogP contribution >= 0.6 is 0 Å². The van der Waals surface area contributed by atoms with Crippen LogP contribution in [0.2, 0.25) is 0 Å². The van der Waals surface area contributed by atoms with Crippen molar-refractivity contribution in [2.45, 2.75) is 211 Å². The summed E-state index contributed by atoms with van der Waals surface area (Å²) in [7, 11) is 0. The first-order valence-electron chi connectivity index (χ1n) is 34.4. The van der Waals surface area contributed by atoms with Gasteiger partial charge in [-0.3, -0.25) is 28.8 Å². The number of rotatable bonds is 30. The lowest BCUT2D eigenvalue weighted by molar-refractivity contribution is -0.157. The summed E-state index contributed by atoms with van der Waals surface area (Å²) in [6.07, 6.45) is 24.8. The van der Waals surface area contributed by atoms with Crippen molar-refractivity contribution in [1.29, 1.82) is 0 Å². The molecule has 0 saturated carbocycles. The lowest BCUT2D eigenvalue weighted by Crippen LogP contribution is -2.34. The standard InChI is InChI=1S/2C38H52N6O2/c2*1-6-20-44-26-34(40-41-44)15-16-35(38(4,5)37(45)46-28-31-11-9-8-10-12-31)32-14-13-29(3)33(24-32)25-43-23-19-39-36(43)27-42-21-17-30(7-2)18-22-42/h2*8-14,19,23-24,26,30,35H,6-7,15-18,20-22,25,27-28H2,1-5H3. The number of likely N-dealkylation sites (tertiary alicyclic amines) is 2. The molecule has 16 heteroatoms. The lowest BCUT2D eigenvalue weighted by Gasteiger charge is -2.33. The number of aromatic nitrogens is 10. The average Bonchev–Trinajstić information content (AvgIpc) is 1.39. The van der Waals surface area contributed by atoms with Crippen LogP contribution in [0.25, 0.3) is 0 Å². The molecule has 0 N–H and O–H groups in total. The van der Waals surface area contributed by atoms with Crippen LogP contribution in [0.1, 0.15) is 199 Å². The summed E-state index contributed by atoms with van der Waals surface area (Å²) in [6, 6.07) is 33.2. The van der Waals surface area contributed by atoms with Crippen LogP contribution in [0.5, 0.6) is 0 Å². The van der Waals surface area contributed by atoms with Gasteiger partial charge in [-0.05, 0) is 200 Å². The fraction of sp³-hybridized carbons (Fsp3) is 0.526. The van der Waals surface area contributed by atoms with E-state index >= 15 is 0 Å². The van der Waals surface area contributed by atoms with Crippen molar-refractivity contribution in [3.8, 4) is 0 Å². The summed E-state index contributed by atoms with van der Waals surface area (Å²) in [5.41, 5.74) is 9.60. The number of piperidine rings is 2. The van der Waals surface area contributed by atoms with E-state index in [-0.39, 0.29) is 37.0 Å². The molecule has 2 unspecified atom stereocenters. The average molecular weight is 1250 g/mol. The van der Waals surface area contributed by atoms with E-state index in [1.54, 1.807) is 0 Å². The zero-order valence-electron chi connectivity index (χ0n) is 57.0. The minimum Gasteiger partial charge on any atom is -0.460 e. The first-order chi connectivity index (χ1) is 44.5. The van der Waals surface area contributed by atoms with E-state index in [2.05, 4.69) is 130 Å². The van der Waals surface area contributed by atoms with Gasteiger partial charge in [-0.25, -0.2) is 9.97 Å². The Bertz CT molecular complexity index is 3300. The number of ether oxygens (including phenoxy) is 2. The Kier molecular flexibility index (Phi) is 24.9. The Balaban J connectivity index is 0.000000217. The monoisotopic (exact) mass is 1250 g/mol. The molecule has 0 bridgehead atoms. The van der Waals surface area contributed by atoms with Crippen molar-refractivity contribution >= 4 is 11.9 Å². The SMILES string of the molecule is CCCn1cc(CCC(c2ccc(C)c(Cn3ccnc3CN3CCC(CC)CC3)c2)C(C)(C)C(=O)OCc2ccccc2)nn1.CCCn1cc(CCC(c2ccc(C)c(Cn3ccnc3CN3CCC(CC)CC3)c2)C(C)(C)C(=O)OCc2ccccc2)nn1. The van der Waals surface area contributed by atoms with E-state index in [4.69, 9.17) is 19.4 Å². The number of benzene rings is 4. The zero-order valence-corrected chi connectivity index (χ0v) is 57.0. The minimum absolute atomic E-state index is 0.0754. The number of aryl methyl sites for hydroxylation is 6. The van der Waals surface area contributed by atoms with E-state index in [1.165, 1.54) is 60.8 Å². The second kappa shape index (κ2) is 33.3. The first-order valence-corrected chi connectivity index (χ1v) is 34.4.